The first-order valence-electron chi connectivity index (χ1n) is 30.5. The lowest BCUT2D eigenvalue weighted by molar-refractivity contribution is -0.890. The minimum Gasteiger partial charge on any atom is -0.462 e. The van der Waals surface area contributed by atoms with E-state index >= 15 is 0 Å². The zero-order chi connectivity index (χ0) is 54.8. The van der Waals surface area contributed by atoms with Crippen LogP contribution in [-0.4, -0.2) is 110 Å². The van der Waals surface area contributed by atoms with Crippen molar-refractivity contribution in [1.29, 1.82) is 0 Å². The number of phosphoric acid groups is 1. The Labute approximate surface area is 452 Å². The summed E-state index contributed by atoms with van der Waals surface area (Å²) in [6.07, 6.45) is 37.8. The van der Waals surface area contributed by atoms with Gasteiger partial charge < -0.3 is 33.4 Å². The summed E-state index contributed by atoms with van der Waals surface area (Å²) in [4.78, 5) is 61.9. The highest BCUT2D eigenvalue weighted by molar-refractivity contribution is 7.47. The van der Waals surface area contributed by atoms with Gasteiger partial charge in [0.1, 0.15) is 38.5 Å². The molecule has 0 saturated heterocycles. The van der Waals surface area contributed by atoms with Crippen LogP contribution in [0.5, 0.6) is 0 Å². The van der Waals surface area contributed by atoms with E-state index in [1.807, 2.05) is 14.1 Å². The Morgan fingerprint density at radius 1 is 0.405 bits per heavy atom. The van der Waals surface area contributed by atoms with E-state index in [9.17, 15) is 33.7 Å². The molecule has 14 nitrogen and oxygen atoms in total. The first-order chi connectivity index (χ1) is 35.7. The summed E-state index contributed by atoms with van der Waals surface area (Å²) in [6, 6.07) is 0. The molecule has 0 aromatic heterocycles. The Morgan fingerprint density at radius 2 is 0.716 bits per heavy atom. The van der Waals surface area contributed by atoms with Crippen LogP contribution in [0.3, 0.4) is 0 Å². The second kappa shape index (κ2) is 50.4. The van der Waals surface area contributed by atoms with Gasteiger partial charge in [0.05, 0.1) is 27.3 Å². The number of rotatable bonds is 56. The number of likely N-dealkylation sites (N-methyl/N-ethyl adjacent to an activating group) is 1. The molecule has 74 heavy (non-hydrogen) atoms. The predicted octanol–water partition coefficient (Wildman–Crippen LogP) is 15.2. The quantitative estimate of drug-likeness (QED) is 0.0193. The molecule has 0 saturated carbocycles. The summed E-state index contributed by atoms with van der Waals surface area (Å²) in [5.74, 6) is -1.36. The van der Waals surface area contributed by atoms with Gasteiger partial charge in [-0.15, -0.1) is 0 Å². The molecule has 0 fully saturated rings. The van der Waals surface area contributed by atoms with Gasteiger partial charge in [0.15, 0.2) is 6.10 Å². The fraction of sp³-hybridized carbons (Fsp3) is 0.932. The Morgan fingerprint density at radius 3 is 1.07 bits per heavy atom. The number of unbranched alkanes of at least 4 members (excludes halogenated alkanes) is 26. The average molecular weight is 1080 g/mol. The van der Waals surface area contributed by atoms with Crippen LogP contribution in [-0.2, 0) is 51.7 Å². The van der Waals surface area contributed by atoms with Crippen molar-refractivity contribution in [2.24, 2.45) is 0 Å². The molecule has 0 bridgehead atoms. The molecule has 0 aromatic carbocycles. The molecule has 0 aliphatic carbocycles. The van der Waals surface area contributed by atoms with Crippen molar-refractivity contribution >= 4 is 31.7 Å². The largest absolute Gasteiger partial charge is 0.472 e. The van der Waals surface area contributed by atoms with Crippen LogP contribution < -0.4 is 0 Å². The summed E-state index contributed by atoms with van der Waals surface area (Å²) in [5, 5.41) is 9.31. The van der Waals surface area contributed by atoms with Crippen molar-refractivity contribution < 1.29 is 66.2 Å². The first-order valence-corrected chi connectivity index (χ1v) is 32.0. The van der Waals surface area contributed by atoms with Crippen molar-refractivity contribution in [2.45, 2.75) is 303 Å². The molecule has 0 rings (SSSR count). The van der Waals surface area contributed by atoms with E-state index in [0.717, 1.165) is 70.6 Å². The molecule has 0 heterocycles. The lowest BCUT2D eigenvalue weighted by Crippen LogP contribution is -2.44. The van der Waals surface area contributed by atoms with Crippen molar-refractivity contribution in [3.05, 3.63) is 0 Å². The van der Waals surface area contributed by atoms with Gasteiger partial charge in [-0.1, -0.05) is 182 Å². The van der Waals surface area contributed by atoms with Crippen molar-refractivity contribution in [1.82, 2.24) is 0 Å². The monoisotopic (exact) mass is 1080 g/mol. The van der Waals surface area contributed by atoms with Gasteiger partial charge in [-0.05, 0) is 77.0 Å². The molecule has 0 aromatic rings. The highest BCUT2D eigenvalue weighted by Crippen LogP contribution is 2.43. The third kappa shape index (κ3) is 48.3. The Bertz CT molecular complexity index is 1350. The summed E-state index contributed by atoms with van der Waals surface area (Å²) in [5.41, 5.74) is 0. The predicted molar refractivity (Wildman–Crippen MR) is 299 cm³/mol. The summed E-state index contributed by atoms with van der Waals surface area (Å²) in [7, 11) is -0.847. The number of aliphatic hydroxyl groups is 1. The van der Waals surface area contributed by atoms with Crippen LogP contribution in [0.25, 0.3) is 0 Å². The van der Waals surface area contributed by atoms with E-state index in [1.54, 1.807) is 0 Å². The van der Waals surface area contributed by atoms with Crippen molar-refractivity contribution in [2.75, 3.05) is 53.6 Å². The van der Waals surface area contributed by atoms with Gasteiger partial charge in [-0.3, -0.25) is 28.2 Å². The van der Waals surface area contributed by atoms with Crippen LogP contribution in [0, 0.1) is 0 Å². The minimum absolute atomic E-state index is 0.0139. The van der Waals surface area contributed by atoms with Gasteiger partial charge in [-0.25, -0.2) is 4.57 Å². The average Bonchev–Trinajstić information content (AvgIpc) is 3.35. The zero-order valence-electron chi connectivity index (χ0n) is 48.5. The maximum atomic E-state index is 13.0. The van der Waals surface area contributed by atoms with Gasteiger partial charge in [0.25, 0.3) is 0 Å². The molecule has 438 valence electrons. The third-order valence-electron chi connectivity index (χ3n) is 13.9. The third-order valence-corrected chi connectivity index (χ3v) is 14.9. The topological polar surface area (TPSA) is 181 Å². The number of hydrogen-bond donors (Lipinski definition) is 2. The van der Waals surface area contributed by atoms with Crippen molar-refractivity contribution in [3.63, 3.8) is 0 Å². The second-order valence-electron chi connectivity index (χ2n) is 21.8. The van der Waals surface area contributed by atoms with Gasteiger partial charge >= 0.3 is 31.7 Å². The lowest BCUT2D eigenvalue weighted by atomic mass is 10.0. The number of esters is 4. The fourth-order valence-electron chi connectivity index (χ4n) is 9.03. The number of carbonyl (C=O) groups is 4. The molecular formula is C59H115NO13P+. The SMILES string of the molecule is CCCCCCCCC(CCCCCCCC)OC(=O)CCCCCCC(=O)OC[C@@H](COP(=O)(O)OCC[N+](C)(C)CCO)OC(=O)CCCCCCC(=O)OC(CCCCCCCC)CCCCCCCC. The Hall–Kier alpha value is -2.09. The highest BCUT2D eigenvalue weighted by atomic mass is 31.2. The molecule has 0 aliphatic rings. The van der Waals surface area contributed by atoms with Crippen LogP contribution in [0.2, 0.25) is 0 Å². The van der Waals surface area contributed by atoms with Gasteiger partial charge in [-0.2, -0.15) is 0 Å². The number of quaternary nitrogens is 1. The molecule has 0 radical (unpaired) electrons. The molecule has 2 atom stereocenters. The zero-order valence-corrected chi connectivity index (χ0v) is 49.4. The van der Waals surface area contributed by atoms with E-state index in [-0.39, 0.29) is 56.8 Å². The van der Waals surface area contributed by atoms with E-state index in [2.05, 4.69) is 27.7 Å². The van der Waals surface area contributed by atoms with Crippen LogP contribution in [0.1, 0.15) is 285 Å². The van der Waals surface area contributed by atoms with Crippen LogP contribution in [0.15, 0.2) is 0 Å². The molecular weight excluding hydrogens is 962 g/mol. The molecule has 15 heteroatoms. The normalized spacial score (nSPS) is 13.1. The molecule has 2 N–H and O–H groups in total. The standard InChI is InChI=1S/C59H114NO13P/c1-7-11-15-19-23-31-39-53(40-32-24-20-16-12-8-2)71-57(63)44-36-28-27-35-43-56(62)68-51-55(52-70-74(66,67)69-50-48-60(5,6)47-49-61)73-59(65)46-38-30-29-37-45-58(64)72-54(41-33-25-21-17-13-9-3)42-34-26-22-18-14-10-4/h53-55,61H,7-52H2,1-6H3/p+1/t55-/m0/s1. The maximum absolute atomic E-state index is 13.0. The number of hydrogen-bond acceptors (Lipinski definition) is 12. The summed E-state index contributed by atoms with van der Waals surface area (Å²) < 4.78 is 46.6. The van der Waals surface area contributed by atoms with Crippen LogP contribution in [0.4, 0.5) is 0 Å². The minimum atomic E-state index is -4.56. The smallest absolute Gasteiger partial charge is 0.462 e. The molecule has 1 unspecified atom stereocenters. The number of aliphatic hydroxyl groups excluding tert-OH is 1. The lowest BCUT2D eigenvalue weighted by Gasteiger charge is -2.29. The number of phosphoric ester groups is 1. The van der Waals surface area contributed by atoms with Crippen molar-refractivity contribution in [3.8, 4) is 0 Å². The van der Waals surface area contributed by atoms with E-state index < -0.39 is 32.5 Å². The Balaban J connectivity index is 5.02. The Kier molecular flexibility index (Phi) is 49.0. The van der Waals surface area contributed by atoms with E-state index in [1.165, 1.54) is 128 Å². The van der Waals surface area contributed by atoms with Crippen LogP contribution >= 0.6 is 7.82 Å². The number of carbonyl (C=O) groups excluding carboxylic acids is 4. The molecule has 0 aliphatic heterocycles. The van der Waals surface area contributed by atoms with Gasteiger partial charge in [0.2, 0.25) is 0 Å². The highest BCUT2D eigenvalue weighted by Gasteiger charge is 2.28. The van der Waals surface area contributed by atoms with E-state index in [4.69, 9.17) is 28.0 Å². The van der Waals surface area contributed by atoms with E-state index in [0.29, 0.717) is 62.5 Å². The number of ether oxygens (including phenoxy) is 4. The van der Waals surface area contributed by atoms with Gasteiger partial charge in [0, 0.05) is 25.7 Å². The number of nitrogens with zero attached hydrogens (tertiary/aromatic N) is 1. The maximum Gasteiger partial charge on any atom is 0.472 e. The first kappa shape index (κ1) is 71.9. The molecule has 0 spiro atoms. The summed E-state index contributed by atoms with van der Waals surface area (Å²) >= 11 is 0. The fourth-order valence-corrected chi connectivity index (χ4v) is 9.77. The molecule has 0 amide bonds. The summed E-state index contributed by atoms with van der Waals surface area (Å²) in [6.45, 7) is 8.61. The second-order valence-corrected chi connectivity index (χ2v) is 23.2.